The molecule has 0 bridgehead atoms. The SMILES string of the molecule is O=C1NCCN1CCNC(=O)N1CCCC1C1CCC1. The van der Waals surface area contributed by atoms with Gasteiger partial charge in [0.15, 0.2) is 0 Å². The van der Waals surface area contributed by atoms with Crippen molar-refractivity contribution in [2.24, 2.45) is 5.92 Å². The molecule has 0 aromatic carbocycles. The Kier molecular flexibility index (Phi) is 3.98. The summed E-state index contributed by atoms with van der Waals surface area (Å²) in [6, 6.07) is 0.491. The van der Waals surface area contributed by atoms with Gasteiger partial charge in [-0.05, 0) is 31.6 Å². The molecule has 2 heterocycles. The molecule has 1 aliphatic carbocycles. The maximum Gasteiger partial charge on any atom is 0.317 e. The highest BCUT2D eigenvalue weighted by Crippen LogP contribution is 2.37. The second-order valence-corrected chi connectivity index (χ2v) is 6.04. The molecule has 6 heteroatoms. The molecule has 0 aromatic heterocycles. The van der Waals surface area contributed by atoms with Gasteiger partial charge in [0.2, 0.25) is 0 Å². The van der Waals surface area contributed by atoms with Gasteiger partial charge in [0.1, 0.15) is 0 Å². The van der Waals surface area contributed by atoms with Crippen molar-refractivity contribution in [2.75, 3.05) is 32.7 Å². The lowest BCUT2D eigenvalue weighted by molar-refractivity contribution is 0.139. The Morgan fingerprint density at radius 2 is 2.10 bits per heavy atom. The molecule has 3 aliphatic rings. The van der Waals surface area contributed by atoms with Gasteiger partial charge in [-0.2, -0.15) is 0 Å². The van der Waals surface area contributed by atoms with E-state index in [1.165, 1.54) is 19.3 Å². The van der Waals surface area contributed by atoms with Crippen molar-refractivity contribution in [1.29, 1.82) is 0 Å². The van der Waals surface area contributed by atoms with Crippen LogP contribution in [-0.2, 0) is 0 Å². The second-order valence-electron chi connectivity index (χ2n) is 6.04. The van der Waals surface area contributed by atoms with Gasteiger partial charge < -0.3 is 20.4 Å². The first-order valence-corrected chi connectivity index (χ1v) is 7.83. The Labute approximate surface area is 119 Å². The largest absolute Gasteiger partial charge is 0.336 e. The van der Waals surface area contributed by atoms with Crippen molar-refractivity contribution in [2.45, 2.75) is 38.1 Å². The summed E-state index contributed by atoms with van der Waals surface area (Å²) >= 11 is 0. The van der Waals surface area contributed by atoms with Crippen LogP contribution in [0.1, 0.15) is 32.1 Å². The van der Waals surface area contributed by atoms with Gasteiger partial charge in [0.05, 0.1) is 0 Å². The van der Waals surface area contributed by atoms with E-state index in [2.05, 4.69) is 10.6 Å². The Morgan fingerprint density at radius 3 is 2.75 bits per heavy atom. The van der Waals surface area contributed by atoms with E-state index in [0.29, 0.717) is 25.7 Å². The molecule has 2 N–H and O–H groups in total. The van der Waals surface area contributed by atoms with Gasteiger partial charge in [-0.25, -0.2) is 9.59 Å². The van der Waals surface area contributed by atoms with E-state index in [1.54, 1.807) is 4.90 Å². The zero-order chi connectivity index (χ0) is 13.9. The lowest BCUT2D eigenvalue weighted by atomic mass is 9.79. The molecule has 0 radical (unpaired) electrons. The van der Waals surface area contributed by atoms with Crippen LogP contribution in [0.25, 0.3) is 0 Å². The molecule has 3 rings (SSSR count). The van der Waals surface area contributed by atoms with Crippen LogP contribution in [0.15, 0.2) is 0 Å². The Bertz CT molecular complexity index is 383. The minimum absolute atomic E-state index is 0.0206. The molecular weight excluding hydrogens is 256 g/mol. The first-order valence-electron chi connectivity index (χ1n) is 7.83. The quantitative estimate of drug-likeness (QED) is 0.806. The predicted molar refractivity (Wildman–Crippen MR) is 75.4 cm³/mol. The normalized spacial score (nSPS) is 26.6. The van der Waals surface area contributed by atoms with Crippen LogP contribution >= 0.6 is 0 Å². The highest BCUT2D eigenvalue weighted by molar-refractivity contribution is 5.77. The first-order chi connectivity index (χ1) is 9.75. The van der Waals surface area contributed by atoms with Crippen LogP contribution in [0.4, 0.5) is 9.59 Å². The summed E-state index contributed by atoms with van der Waals surface area (Å²) in [5.74, 6) is 0.729. The molecule has 1 saturated carbocycles. The number of amides is 4. The predicted octanol–water partition coefficient (Wildman–Crippen LogP) is 0.986. The zero-order valence-electron chi connectivity index (χ0n) is 11.9. The number of nitrogens with one attached hydrogen (secondary N) is 2. The van der Waals surface area contributed by atoms with Crippen LogP contribution in [0.3, 0.4) is 0 Å². The average Bonchev–Trinajstić information content (AvgIpc) is 2.97. The van der Waals surface area contributed by atoms with Gasteiger partial charge >= 0.3 is 12.1 Å². The second kappa shape index (κ2) is 5.89. The number of nitrogens with zero attached hydrogens (tertiary/aromatic N) is 2. The lowest BCUT2D eigenvalue weighted by Crippen LogP contribution is -2.48. The highest BCUT2D eigenvalue weighted by atomic mass is 16.2. The van der Waals surface area contributed by atoms with Crippen LogP contribution in [-0.4, -0.2) is 60.6 Å². The third kappa shape index (κ3) is 2.69. The third-order valence-corrected chi connectivity index (χ3v) is 4.86. The van der Waals surface area contributed by atoms with E-state index in [-0.39, 0.29) is 12.1 Å². The lowest BCUT2D eigenvalue weighted by Gasteiger charge is -2.37. The molecule has 6 nitrogen and oxygen atoms in total. The minimum atomic E-state index is -0.0206. The number of rotatable bonds is 4. The van der Waals surface area contributed by atoms with Gasteiger partial charge in [0.25, 0.3) is 0 Å². The van der Waals surface area contributed by atoms with Crippen LogP contribution in [0.5, 0.6) is 0 Å². The van der Waals surface area contributed by atoms with Crippen molar-refractivity contribution in [1.82, 2.24) is 20.4 Å². The molecule has 112 valence electrons. The van der Waals surface area contributed by atoms with Crippen LogP contribution in [0.2, 0.25) is 0 Å². The molecule has 0 spiro atoms. The van der Waals surface area contributed by atoms with Crippen molar-refractivity contribution in [3.05, 3.63) is 0 Å². The summed E-state index contributed by atoms with van der Waals surface area (Å²) in [7, 11) is 0. The van der Waals surface area contributed by atoms with E-state index in [1.807, 2.05) is 4.90 Å². The van der Waals surface area contributed by atoms with E-state index in [0.717, 1.165) is 31.8 Å². The summed E-state index contributed by atoms with van der Waals surface area (Å²) in [6.07, 6.45) is 6.17. The number of carbonyl (C=O) groups excluding carboxylic acids is 2. The monoisotopic (exact) mass is 280 g/mol. The van der Waals surface area contributed by atoms with Gasteiger partial charge in [-0.15, -0.1) is 0 Å². The number of hydrogen-bond acceptors (Lipinski definition) is 2. The number of hydrogen-bond donors (Lipinski definition) is 2. The zero-order valence-corrected chi connectivity index (χ0v) is 11.9. The standard InChI is InChI=1S/C14H24N4O2/c19-13-15-6-9-17(13)10-7-16-14(20)18-8-2-5-12(18)11-3-1-4-11/h11-12H,1-10H2,(H,15,19)(H,16,20). The highest BCUT2D eigenvalue weighted by Gasteiger charge is 2.37. The fourth-order valence-corrected chi connectivity index (χ4v) is 3.48. The van der Waals surface area contributed by atoms with E-state index in [9.17, 15) is 9.59 Å². The molecule has 1 atom stereocenters. The van der Waals surface area contributed by atoms with Crippen molar-refractivity contribution >= 4 is 12.1 Å². The van der Waals surface area contributed by atoms with Crippen LogP contribution < -0.4 is 10.6 Å². The Hall–Kier alpha value is -1.46. The van der Waals surface area contributed by atoms with Gasteiger partial charge in [-0.3, -0.25) is 0 Å². The van der Waals surface area contributed by atoms with Gasteiger partial charge in [0, 0.05) is 38.8 Å². The van der Waals surface area contributed by atoms with Crippen molar-refractivity contribution < 1.29 is 9.59 Å². The van der Waals surface area contributed by atoms with Gasteiger partial charge in [-0.1, -0.05) is 6.42 Å². The molecule has 2 saturated heterocycles. The summed E-state index contributed by atoms with van der Waals surface area (Å²) in [6.45, 7) is 3.47. The van der Waals surface area contributed by atoms with E-state index < -0.39 is 0 Å². The smallest absolute Gasteiger partial charge is 0.317 e. The summed E-state index contributed by atoms with van der Waals surface area (Å²) in [5.41, 5.74) is 0. The molecule has 3 fully saturated rings. The Morgan fingerprint density at radius 1 is 1.25 bits per heavy atom. The molecule has 2 aliphatic heterocycles. The summed E-state index contributed by atoms with van der Waals surface area (Å²) in [4.78, 5) is 27.4. The fourth-order valence-electron chi connectivity index (χ4n) is 3.48. The molecule has 20 heavy (non-hydrogen) atoms. The average molecular weight is 280 g/mol. The fraction of sp³-hybridized carbons (Fsp3) is 0.857. The van der Waals surface area contributed by atoms with E-state index >= 15 is 0 Å². The summed E-state index contributed by atoms with van der Waals surface area (Å²) < 4.78 is 0. The van der Waals surface area contributed by atoms with Crippen molar-refractivity contribution in [3.8, 4) is 0 Å². The summed E-state index contributed by atoms with van der Waals surface area (Å²) in [5, 5.41) is 5.73. The topological polar surface area (TPSA) is 64.7 Å². The first kappa shape index (κ1) is 13.5. The van der Waals surface area contributed by atoms with Crippen molar-refractivity contribution in [3.63, 3.8) is 0 Å². The molecule has 4 amide bonds. The molecular formula is C14H24N4O2. The minimum Gasteiger partial charge on any atom is -0.336 e. The maximum absolute atomic E-state index is 12.3. The number of likely N-dealkylation sites (tertiary alicyclic amines) is 1. The number of urea groups is 2. The van der Waals surface area contributed by atoms with Crippen LogP contribution in [0, 0.1) is 5.92 Å². The molecule has 0 aromatic rings. The molecule has 1 unspecified atom stereocenters. The maximum atomic E-state index is 12.3. The third-order valence-electron chi connectivity index (χ3n) is 4.86. The number of carbonyl (C=O) groups is 2. The Balaban J connectivity index is 1.42. The van der Waals surface area contributed by atoms with E-state index in [4.69, 9.17) is 0 Å².